The molecule has 0 aromatic carbocycles. The summed E-state index contributed by atoms with van der Waals surface area (Å²) in [6.07, 6.45) is 4.23. The highest BCUT2D eigenvalue weighted by molar-refractivity contribution is 5.94. The molecule has 4 rings (SSSR count). The molecule has 7 heteroatoms. The number of hydrogen-bond donors (Lipinski definition) is 0. The highest BCUT2D eigenvalue weighted by Gasteiger charge is 2.35. The topological polar surface area (TPSA) is 67.4 Å². The minimum Gasteiger partial charge on any atom is -0.346 e. The molecule has 2 aromatic rings. The van der Waals surface area contributed by atoms with E-state index in [1.807, 2.05) is 42.7 Å². The van der Waals surface area contributed by atoms with Crippen LogP contribution in [-0.2, 0) is 7.05 Å². The van der Waals surface area contributed by atoms with E-state index in [0.29, 0.717) is 24.9 Å². The van der Waals surface area contributed by atoms with Crippen molar-refractivity contribution in [2.75, 3.05) is 26.7 Å². The van der Waals surface area contributed by atoms with Crippen LogP contribution < -0.4 is 0 Å². The van der Waals surface area contributed by atoms with Crippen molar-refractivity contribution in [3.63, 3.8) is 0 Å². The van der Waals surface area contributed by atoms with Gasteiger partial charge in [-0.3, -0.25) is 9.69 Å². The number of piperazine rings is 1. The van der Waals surface area contributed by atoms with Gasteiger partial charge >= 0.3 is 0 Å². The number of aromatic nitrogens is 3. The first kappa shape index (κ1) is 15.4. The Morgan fingerprint density at radius 3 is 2.75 bits per heavy atom. The van der Waals surface area contributed by atoms with Gasteiger partial charge in [-0.15, -0.1) is 0 Å². The van der Waals surface area contributed by atoms with Gasteiger partial charge in [-0.2, -0.15) is 4.98 Å². The summed E-state index contributed by atoms with van der Waals surface area (Å²) in [6.45, 7) is 4.05. The van der Waals surface area contributed by atoms with Gasteiger partial charge in [0.15, 0.2) is 5.82 Å². The molecule has 7 nitrogen and oxygen atoms in total. The van der Waals surface area contributed by atoms with Crippen LogP contribution in [-0.4, -0.2) is 57.1 Å². The molecule has 2 aromatic heterocycles. The zero-order valence-electron chi connectivity index (χ0n) is 14.4. The van der Waals surface area contributed by atoms with E-state index in [1.165, 1.54) is 0 Å². The van der Waals surface area contributed by atoms with Gasteiger partial charge in [0.25, 0.3) is 5.91 Å². The predicted molar refractivity (Wildman–Crippen MR) is 87.7 cm³/mol. The van der Waals surface area contributed by atoms with Crippen LogP contribution >= 0.6 is 0 Å². The lowest BCUT2D eigenvalue weighted by atomic mass is 10.1. The average molecular weight is 329 g/mol. The van der Waals surface area contributed by atoms with Crippen molar-refractivity contribution in [1.29, 1.82) is 0 Å². The van der Waals surface area contributed by atoms with Crippen LogP contribution in [0.5, 0.6) is 0 Å². The molecule has 1 amide bonds. The third kappa shape index (κ3) is 2.62. The highest BCUT2D eigenvalue weighted by atomic mass is 16.5. The molecule has 0 spiro atoms. The van der Waals surface area contributed by atoms with Crippen LogP contribution in [0.4, 0.5) is 0 Å². The summed E-state index contributed by atoms with van der Waals surface area (Å²) >= 11 is 0. The molecule has 0 N–H and O–H groups in total. The fourth-order valence-corrected chi connectivity index (χ4v) is 3.34. The number of carbonyl (C=O) groups is 1. The van der Waals surface area contributed by atoms with Crippen LogP contribution in [0.3, 0.4) is 0 Å². The van der Waals surface area contributed by atoms with Crippen molar-refractivity contribution in [2.45, 2.75) is 31.7 Å². The Hall–Kier alpha value is -2.15. The van der Waals surface area contributed by atoms with Gasteiger partial charge < -0.3 is 14.0 Å². The number of likely N-dealkylation sites (N-methyl/N-ethyl adjacent to an activating group) is 1. The van der Waals surface area contributed by atoms with E-state index >= 15 is 0 Å². The molecule has 1 saturated heterocycles. The Bertz CT molecular complexity index is 741. The van der Waals surface area contributed by atoms with E-state index in [2.05, 4.69) is 15.0 Å². The number of hydrogen-bond acceptors (Lipinski definition) is 5. The van der Waals surface area contributed by atoms with Crippen LogP contribution in [0.1, 0.15) is 52.6 Å². The SMILES string of the molecule is Cc1ccn(C)c1C(=O)N1CCN(C)C(c2nc(C3CC3)no2)C1. The molecular weight excluding hydrogens is 306 g/mol. The normalized spacial score (nSPS) is 22.1. The standard InChI is InChI=1S/C17H23N5O2/c1-11-6-7-21(3)14(11)17(23)22-9-8-20(2)13(10-22)16-18-15(19-24-16)12-4-5-12/h6-7,12-13H,4-5,8-10H2,1-3H3. The molecule has 128 valence electrons. The maximum atomic E-state index is 12.9. The lowest BCUT2D eigenvalue weighted by molar-refractivity contribution is 0.0480. The summed E-state index contributed by atoms with van der Waals surface area (Å²) < 4.78 is 7.39. The average Bonchev–Trinajstić information content (AvgIpc) is 3.21. The second kappa shape index (κ2) is 5.73. The molecular formula is C17H23N5O2. The zero-order valence-corrected chi connectivity index (χ0v) is 14.4. The minimum atomic E-state index is -0.0386. The molecule has 1 aliphatic heterocycles. The van der Waals surface area contributed by atoms with E-state index in [-0.39, 0.29) is 11.9 Å². The second-order valence-electron chi connectivity index (χ2n) is 6.97. The van der Waals surface area contributed by atoms with Gasteiger partial charge in [0.1, 0.15) is 11.7 Å². The van der Waals surface area contributed by atoms with Crippen LogP contribution in [0.25, 0.3) is 0 Å². The first-order valence-corrected chi connectivity index (χ1v) is 8.49. The molecule has 1 unspecified atom stereocenters. The number of amides is 1. The lowest BCUT2D eigenvalue weighted by Gasteiger charge is -2.37. The van der Waals surface area contributed by atoms with Gasteiger partial charge in [0.2, 0.25) is 5.89 Å². The van der Waals surface area contributed by atoms with Gasteiger partial charge in [-0.25, -0.2) is 0 Å². The number of aryl methyl sites for hydroxylation is 2. The van der Waals surface area contributed by atoms with E-state index in [9.17, 15) is 4.79 Å². The fourth-order valence-electron chi connectivity index (χ4n) is 3.34. The van der Waals surface area contributed by atoms with Gasteiger partial charge in [-0.05, 0) is 38.4 Å². The maximum absolute atomic E-state index is 12.9. The maximum Gasteiger partial charge on any atom is 0.270 e. The molecule has 0 bridgehead atoms. The largest absolute Gasteiger partial charge is 0.346 e. The van der Waals surface area contributed by atoms with Gasteiger partial charge in [-0.1, -0.05) is 5.16 Å². The van der Waals surface area contributed by atoms with Crippen LogP contribution in [0.15, 0.2) is 16.8 Å². The smallest absolute Gasteiger partial charge is 0.270 e. The molecule has 0 radical (unpaired) electrons. The molecule has 1 aliphatic carbocycles. The quantitative estimate of drug-likeness (QED) is 0.858. The Morgan fingerprint density at radius 2 is 2.08 bits per heavy atom. The Kier molecular flexibility index (Phi) is 3.68. The minimum absolute atomic E-state index is 0.0386. The molecule has 1 saturated carbocycles. The number of rotatable bonds is 3. The lowest BCUT2D eigenvalue weighted by Crippen LogP contribution is -2.49. The van der Waals surface area contributed by atoms with E-state index in [1.54, 1.807) is 0 Å². The van der Waals surface area contributed by atoms with Crippen molar-refractivity contribution in [3.05, 3.63) is 35.2 Å². The second-order valence-corrected chi connectivity index (χ2v) is 6.97. The third-order valence-electron chi connectivity index (χ3n) is 5.10. The predicted octanol–water partition coefficient (Wildman–Crippen LogP) is 1.72. The molecule has 2 fully saturated rings. The van der Waals surface area contributed by atoms with Crippen molar-refractivity contribution in [1.82, 2.24) is 24.5 Å². The van der Waals surface area contributed by atoms with Crippen LogP contribution in [0.2, 0.25) is 0 Å². The monoisotopic (exact) mass is 329 g/mol. The first-order chi connectivity index (χ1) is 11.5. The van der Waals surface area contributed by atoms with Crippen molar-refractivity contribution in [2.24, 2.45) is 7.05 Å². The summed E-state index contributed by atoms with van der Waals surface area (Å²) in [4.78, 5) is 21.6. The fraction of sp³-hybridized carbons (Fsp3) is 0.588. The molecule has 2 aliphatic rings. The molecule has 24 heavy (non-hydrogen) atoms. The summed E-state index contributed by atoms with van der Waals surface area (Å²) in [5, 5.41) is 4.12. The van der Waals surface area contributed by atoms with Crippen molar-refractivity contribution < 1.29 is 9.32 Å². The van der Waals surface area contributed by atoms with E-state index in [0.717, 1.165) is 36.5 Å². The summed E-state index contributed by atoms with van der Waals surface area (Å²) in [5.74, 6) is 1.99. The van der Waals surface area contributed by atoms with E-state index in [4.69, 9.17) is 4.52 Å². The highest BCUT2D eigenvalue weighted by Crippen LogP contribution is 2.38. The molecule has 3 heterocycles. The van der Waals surface area contributed by atoms with Crippen molar-refractivity contribution >= 4 is 5.91 Å². The van der Waals surface area contributed by atoms with E-state index < -0.39 is 0 Å². The van der Waals surface area contributed by atoms with Crippen LogP contribution in [0, 0.1) is 6.92 Å². The summed E-state index contributed by atoms with van der Waals surface area (Å²) in [6, 6.07) is 1.93. The Morgan fingerprint density at radius 1 is 1.29 bits per heavy atom. The summed E-state index contributed by atoms with van der Waals surface area (Å²) in [5.41, 5.74) is 1.76. The number of carbonyl (C=O) groups excluding carboxylic acids is 1. The van der Waals surface area contributed by atoms with Crippen molar-refractivity contribution in [3.8, 4) is 0 Å². The zero-order chi connectivity index (χ0) is 16.8. The van der Waals surface area contributed by atoms with Gasteiger partial charge in [0.05, 0.1) is 0 Å². The number of nitrogens with zero attached hydrogens (tertiary/aromatic N) is 5. The summed E-state index contributed by atoms with van der Waals surface area (Å²) in [7, 11) is 3.95. The first-order valence-electron chi connectivity index (χ1n) is 8.49. The Balaban J connectivity index is 1.54. The van der Waals surface area contributed by atoms with Gasteiger partial charge in [0, 0.05) is 38.8 Å². The third-order valence-corrected chi connectivity index (χ3v) is 5.10. The Labute approximate surface area is 141 Å². The molecule has 1 atom stereocenters.